The van der Waals surface area contributed by atoms with E-state index in [1.165, 1.54) is 5.56 Å². The molecule has 0 N–H and O–H groups in total. The van der Waals surface area contributed by atoms with Gasteiger partial charge in [0.25, 0.3) is 0 Å². The molecule has 2 rings (SSSR count). The van der Waals surface area contributed by atoms with E-state index < -0.39 is 5.60 Å². The maximum absolute atomic E-state index is 12.4. The summed E-state index contributed by atoms with van der Waals surface area (Å²) in [5.41, 5.74) is 1.82. The Labute approximate surface area is 133 Å². The summed E-state index contributed by atoms with van der Waals surface area (Å²) in [4.78, 5) is 20.7. The van der Waals surface area contributed by atoms with Gasteiger partial charge in [0.15, 0.2) is 0 Å². The summed E-state index contributed by atoms with van der Waals surface area (Å²) in [6, 6.07) is 2.14. The van der Waals surface area contributed by atoms with Gasteiger partial charge in [0.05, 0.1) is 6.04 Å². The van der Waals surface area contributed by atoms with Crippen molar-refractivity contribution >= 4 is 11.9 Å². The van der Waals surface area contributed by atoms with E-state index in [1.54, 1.807) is 0 Å². The largest absolute Gasteiger partial charge is 0.444 e. The van der Waals surface area contributed by atoms with Crippen LogP contribution < -0.4 is 4.90 Å². The van der Waals surface area contributed by atoms with Gasteiger partial charge in [-0.05, 0) is 57.7 Å². The minimum Gasteiger partial charge on any atom is -0.444 e. The fourth-order valence-corrected chi connectivity index (χ4v) is 2.77. The minimum atomic E-state index is -0.466. The summed E-state index contributed by atoms with van der Waals surface area (Å²) in [7, 11) is 3.95. The first-order valence-corrected chi connectivity index (χ1v) is 7.82. The number of rotatable bonds is 2. The molecule has 1 amide bonds. The second kappa shape index (κ2) is 6.15. The molecule has 0 saturated carbocycles. The number of likely N-dealkylation sites (tertiary alicyclic amines) is 1. The highest BCUT2D eigenvalue weighted by Crippen LogP contribution is 2.35. The zero-order chi connectivity index (χ0) is 16.5. The molecular formula is C17H27N3O2. The molecule has 1 aliphatic rings. The molecule has 1 saturated heterocycles. The van der Waals surface area contributed by atoms with E-state index in [2.05, 4.69) is 18.0 Å². The van der Waals surface area contributed by atoms with Crippen LogP contribution >= 0.6 is 0 Å². The number of amides is 1. The number of pyridine rings is 1. The van der Waals surface area contributed by atoms with Gasteiger partial charge >= 0.3 is 6.09 Å². The number of aromatic nitrogens is 1. The van der Waals surface area contributed by atoms with Gasteiger partial charge in [0.1, 0.15) is 11.4 Å². The molecular weight excluding hydrogens is 278 g/mol. The summed E-state index contributed by atoms with van der Waals surface area (Å²) in [6.07, 6.45) is 3.63. The Hall–Kier alpha value is -1.78. The first-order chi connectivity index (χ1) is 10.2. The van der Waals surface area contributed by atoms with Crippen LogP contribution in [0.3, 0.4) is 0 Å². The molecule has 0 spiro atoms. The number of nitrogens with zero attached hydrogens (tertiary/aromatic N) is 3. The standard InChI is InChI=1S/C17H27N3O2/c1-12-10-15(19(5)6)18-11-13(12)14-8-7-9-20(14)16(21)22-17(2,3)4/h10-11,14H,7-9H2,1-6H3/t14-/m1/s1. The van der Waals surface area contributed by atoms with Crippen LogP contribution in [-0.4, -0.2) is 42.2 Å². The van der Waals surface area contributed by atoms with Crippen LogP contribution in [0.4, 0.5) is 10.6 Å². The van der Waals surface area contributed by atoms with Gasteiger partial charge < -0.3 is 14.5 Å². The molecule has 1 atom stereocenters. The molecule has 0 unspecified atom stereocenters. The summed E-state index contributed by atoms with van der Waals surface area (Å²) in [5, 5.41) is 0. The Morgan fingerprint density at radius 2 is 2.09 bits per heavy atom. The highest BCUT2D eigenvalue weighted by molar-refractivity contribution is 5.69. The number of hydrogen-bond acceptors (Lipinski definition) is 4. The number of aryl methyl sites for hydroxylation is 1. The van der Waals surface area contributed by atoms with Gasteiger partial charge in [0, 0.05) is 26.8 Å². The highest BCUT2D eigenvalue weighted by Gasteiger charge is 2.34. The van der Waals surface area contributed by atoms with Gasteiger partial charge in [0.2, 0.25) is 0 Å². The number of carbonyl (C=O) groups is 1. The van der Waals surface area contributed by atoms with Crippen LogP contribution in [0.5, 0.6) is 0 Å². The van der Waals surface area contributed by atoms with Crippen LogP contribution in [0.15, 0.2) is 12.3 Å². The fraction of sp³-hybridized carbons (Fsp3) is 0.647. The summed E-state index contributed by atoms with van der Waals surface area (Å²) in [6.45, 7) is 8.52. The van der Waals surface area contributed by atoms with Crippen molar-refractivity contribution in [2.75, 3.05) is 25.5 Å². The molecule has 122 valence electrons. The molecule has 0 radical (unpaired) electrons. The van der Waals surface area contributed by atoms with E-state index in [0.29, 0.717) is 0 Å². The van der Waals surface area contributed by atoms with E-state index in [9.17, 15) is 4.79 Å². The van der Waals surface area contributed by atoms with Crippen LogP contribution in [0.25, 0.3) is 0 Å². The van der Waals surface area contributed by atoms with Crippen molar-refractivity contribution in [3.8, 4) is 0 Å². The van der Waals surface area contributed by atoms with Crippen LogP contribution in [0, 0.1) is 6.92 Å². The monoisotopic (exact) mass is 305 g/mol. The topological polar surface area (TPSA) is 45.7 Å². The van der Waals surface area contributed by atoms with Gasteiger partial charge in [-0.1, -0.05) is 0 Å². The lowest BCUT2D eigenvalue weighted by atomic mass is 10.0. The number of anilines is 1. The van der Waals surface area contributed by atoms with Gasteiger partial charge in [-0.25, -0.2) is 9.78 Å². The Balaban J connectivity index is 2.22. The number of carbonyl (C=O) groups excluding carboxylic acids is 1. The van der Waals surface area contributed by atoms with E-state index in [1.807, 2.05) is 50.9 Å². The average molecular weight is 305 g/mol. The van der Waals surface area contributed by atoms with Crippen molar-refractivity contribution in [1.29, 1.82) is 0 Å². The second-order valence-electron chi connectivity index (χ2n) is 7.13. The Kier molecular flexibility index (Phi) is 4.63. The van der Waals surface area contributed by atoms with E-state index >= 15 is 0 Å². The molecule has 5 nitrogen and oxygen atoms in total. The van der Waals surface area contributed by atoms with Crippen LogP contribution in [-0.2, 0) is 4.74 Å². The van der Waals surface area contributed by atoms with Crippen LogP contribution in [0.2, 0.25) is 0 Å². The molecule has 22 heavy (non-hydrogen) atoms. The predicted octanol–water partition coefficient (Wildman–Crippen LogP) is 3.53. The normalized spacial score (nSPS) is 18.5. The number of hydrogen-bond donors (Lipinski definition) is 0. The first-order valence-electron chi connectivity index (χ1n) is 7.82. The summed E-state index contributed by atoms with van der Waals surface area (Å²) < 4.78 is 5.53. The third kappa shape index (κ3) is 3.70. The minimum absolute atomic E-state index is 0.0681. The smallest absolute Gasteiger partial charge is 0.410 e. The lowest BCUT2D eigenvalue weighted by molar-refractivity contribution is 0.0224. The van der Waals surface area contributed by atoms with Crippen molar-refractivity contribution in [2.45, 2.75) is 52.2 Å². The lowest BCUT2D eigenvalue weighted by Crippen LogP contribution is -2.36. The fourth-order valence-electron chi connectivity index (χ4n) is 2.77. The predicted molar refractivity (Wildman–Crippen MR) is 88.2 cm³/mol. The Morgan fingerprint density at radius 1 is 1.41 bits per heavy atom. The van der Waals surface area contributed by atoms with E-state index in [0.717, 1.165) is 30.8 Å². The molecule has 1 aromatic heterocycles. The highest BCUT2D eigenvalue weighted by atomic mass is 16.6. The molecule has 1 aliphatic heterocycles. The first kappa shape index (κ1) is 16.6. The maximum Gasteiger partial charge on any atom is 0.410 e. The average Bonchev–Trinajstić information content (AvgIpc) is 2.85. The van der Waals surface area contributed by atoms with E-state index in [-0.39, 0.29) is 12.1 Å². The summed E-state index contributed by atoms with van der Waals surface area (Å²) >= 11 is 0. The molecule has 1 fully saturated rings. The Bertz CT molecular complexity index is 549. The van der Waals surface area contributed by atoms with Crippen molar-refractivity contribution in [3.63, 3.8) is 0 Å². The molecule has 0 bridgehead atoms. The Morgan fingerprint density at radius 3 is 2.64 bits per heavy atom. The van der Waals surface area contributed by atoms with Gasteiger partial charge in [-0.2, -0.15) is 0 Å². The zero-order valence-corrected chi connectivity index (χ0v) is 14.5. The molecule has 2 heterocycles. The molecule has 0 aliphatic carbocycles. The quantitative estimate of drug-likeness (QED) is 0.838. The third-order valence-corrected chi connectivity index (χ3v) is 3.83. The SMILES string of the molecule is Cc1cc(N(C)C)ncc1[C@H]1CCCN1C(=O)OC(C)(C)C. The zero-order valence-electron chi connectivity index (χ0n) is 14.5. The third-order valence-electron chi connectivity index (χ3n) is 3.83. The lowest BCUT2D eigenvalue weighted by Gasteiger charge is -2.29. The van der Waals surface area contributed by atoms with Crippen molar-refractivity contribution < 1.29 is 9.53 Å². The van der Waals surface area contributed by atoms with E-state index in [4.69, 9.17) is 4.74 Å². The molecule has 1 aromatic rings. The van der Waals surface area contributed by atoms with Crippen molar-refractivity contribution in [2.24, 2.45) is 0 Å². The van der Waals surface area contributed by atoms with Gasteiger partial charge in [-0.15, -0.1) is 0 Å². The van der Waals surface area contributed by atoms with Crippen molar-refractivity contribution in [1.82, 2.24) is 9.88 Å². The number of ether oxygens (including phenoxy) is 1. The second-order valence-corrected chi connectivity index (χ2v) is 7.13. The van der Waals surface area contributed by atoms with Crippen LogP contribution in [0.1, 0.15) is 50.8 Å². The van der Waals surface area contributed by atoms with Crippen molar-refractivity contribution in [3.05, 3.63) is 23.4 Å². The molecule has 5 heteroatoms. The molecule has 0 aromatic carbocycles. The van der Waals surface area contributed by atoms with Gasteiger partial charge in [-0.3, -0.25) is 0 Å². The maximum atomic E-state index is 12.4. The summed E-state index contributed by atoms with van der Waals surface area (Å²) in [5.74, 6) is 0.933.